The Kier molecular flexibility index (Phi) is 3.83. The van der Waals surface area contributed by atoms with Gasteiger partial charge in [-0.2, -0.15) is 0 Å². The number of rotatable bonds is 3. The van der Waals surface area contributed by atoms with E-state index in [0.29, 0.717) is 21.1 Å². The molecule has 0 saturated heterocycles. The van der Waals surface area contributed by atoms with Crippen molar-refractivity contribution in [2.75, 3.05) is 14.2 Å². The first kappa shape index (κ1) is 10.6. The van der Waals surface area contributed by atoms with Crippen LogP contribution in [-0.2, 0) is 16.1 Å². The molecule has 0 radical (unpaired) electrons. The second-order valence-corrected chi connectivity index (χ2v) is 4.44. The molecule has 1 rings (SSSR count). The van der Waals surface area contributed by atoms with E-state index in [9.17, 15) is 4.79 Å². The summed E-state index contributed by atoms with van der Waals surface area (Å²) in [6.07, 6.45) is 0. The summed E-state index contributed by atoms with van der Waals surface area (Å²) in [5, 5.41) is 0. The van der Waals surface area contributed by atoms with Gasteiger partial charge in [-0.3, -0.25) is 0 Å². The number of methoxy groups -OCH3 is 2. The standard InChI is InChI=1S/C7H8BrNO3S/c1-11-3-4-5(6(10)12-2)13-7(8)9-4/h3H2,1-2H3. The Morgan fingerprint density at radius 3 is 2.85 bits per heavy atom. The van der Waals surface area contributed by atoms with Gasteiger partial charge in [0.15, 0.2) is 3.92 Å². The molecule has 6 heteroatoms. The largest absolute Gasteiger partial charge is 0.465 e. The maximum atomic E-state index is 11.2. The first-order valence-corrected chi connectivity index (χ1v) is 5.02. The number of halogens is 1. The molecule has 0 spiro atoms. The molecule has 1 aromatic heterocycles. The van der Waals surface area contributed by atoms with Gasteiger partial charge in [-0.1, -0.05) is 11.3 Å². The Bertz CT molecular complexity index is 313. The van der Waals surface area contributed by atoms with Gasteiger partial charge < -0.3 is 9.47 Å². The maximum Gasteiger partial charge on any atom is 0.350 e. The highest BCUT2D eigenvalue weighted by atomic mass is 79.9. The van der Waals surface area contributed by atoms with E-state index in [0.717, 1.165) is 0 Å². The molecule has 0 aliphatic carbocycles. The van der Waals surface area contributed by atoms with Crippen LogP contribution in [0.1, 0.15) is 15.4 Å². The summed E-state index contributed by atoms with van der Waals surface area (Å²) < 4.78 is 10.1. The highest BCUT2D eigenvalue weighted by Gasteiger charge is 2.17. The van der Waals surface area contributed by atoms with Crippen molar-refractivity contribution in [3.05, 3.63) is 14.5 Å². The van der Waals surface area contributed by atoms with Crippen molar-refractivity contribution in [2.24, 2.45) is 0 Å². The lowest BCUT2D eigenvalue weighted by atomic mass is 10.4. The number of esters is 1. The molecule has 0 amide bonds. The molecule has 1 aromatic rings. The monoisotopic (exact) mass is 265 g/mol. The molecule has 1 heterocycles. The number of aromatic nitrogens is 1. The minimum Gasteiger partial charge on any atom is -0.465 e. The van der Waals surface area contributed by atoms with Crippen LogP contribution < -0.4 is 0 Å². The number of hydrogen-bond acceptors (Lipinski definition) is 5. The third-order valence-electron chi connectivity index (χ3n) is 1.32. The van der Waals surface area contributed by atoms with E-state index in [1.165, 1.54) is 18.4 Å². The SMILES string of the molecule is COCc1nc(Br)sc1C(=O)OC. The van der Waals surface area contributed by atoms with E-state index in [-0.39, 0.29) is 5.97 Å². The van der Waals surface area contributed by atoms with E-state index in [2.05, 4.69) is 25.7 Å². The quantitative estimate of drug-likeness (QED) is 0.783. The van der Waals surface area contributed by atoms with Gasteiger partial charge in [0.1, 0.15) is 4.88 Å². The number of nitrogens with zero attached hydrogens (tertiary/aromatic N) is 1. The van der Waals surface area contributed by atoms with Crippen LogP contribution >= 0.6 is 27.3 Å². The molecule has 0 fully saturated rings. The molecule has 0 bridgehead atoms. The Morgan fingerprint density at radius 1 is 1.62 bits per heavy atom. The van der Waals surface area contributed by atoms with E-state index < -0.39 is 0 Å². The van der Waals surface area contributed by atoms with Gasteiger partial charge in [0.05, 0.1) is 19.4 Å². The van der Waals surface area contributed by atoms with Gasteiger partial charge in [0.2, 0.25) is 0 Å². The highest BCUT2D eigenvalue weighted by molar-refractivity contribution is 9.11. The zero-order valence-corrected chi connectivity index (χ0v) is 9.57. The second kappa shape index (κ2) is 4.69. The van der Waals surface area contributed by atoms with E-state index in [4.69, 9.17) is 4.74 Å². The lowest BCUT2D eigenvalue weighted by molar-refractivity contribution is 0.0601. The van der Waals surface area contributed by atoms with Gasteiger partial charge in [-0.05, 0) is 15.9 Å². The number of thiazole rings is 1. The first-order valence-electron chi connectivity index (χ1n) is 3.41. The van der Waals surface area contributed by atoms with Gasteiger partial charge in [-0.25, -0.2) is 9.78 Å². The molecular weight excluding hydrogens is 258 g/mol. The molecule has 0 atom stereocenters. The highest BCUT2D eigenvalue weighted by Crippen LogP contribution is 2.24. The summed E-state index contributed by atoms with van der Waals surface area (Å²) in [5.41, 5.74) is 0.603. The zero-order valence-electron chi connectivity index (χ0n) is 7.17. The summed E-state index contributed by atoms with van der Waals surface area (Å²) in [6, 6.07) is 0. The molecule has 0 aliphatic heterocycles. The third kappa shape index (κ3) is 2.49. The van der Waals surface area contributed by atoms with E-state index in [1.807, 2.05) is 0 Å². The number of carbonyl (C=O) groups is 1. The van der Waals surface area contributed by atoms with Crippen LogP contribution in [0, 0.1) is 0 Å². The average molecular weight is 266 g/mol. The van der Waals surface area contributed by atoms with Crippen LogP contribution in [0.4, 0.5) is 0 Å². The van der Waals surface area contributed by atoms with Crippen LogP contribution in [0.3, 0.4) is 0 Å². The van der Waals surface area contributed by atoms with E-state index >= 15 is 0 Å². The first-order chi connectivity index (χ1) is 6.19. The van der Waals surface area contributed by atoms with Crippen LogP contribution in [-0.4, -0.2) is 25.2 Å². The van der Waals surface area contributed by atoms with Crippen LogP contribution in [0.5, 0.6) is 0 Å². The lowest BCUT2D eigenvalue weighted by Crippen LogP contribution is -2.03. The Balaban J connectivity index is 2.96. The predicted molar refractivity (Wildman–Crippen MR) is 51.9 cm³/mol. The van der Waals surface area contributed by atoms with Crippen molar-refractivity contribution in [1.29, 1.82) is 0 Å². The minimum absolute atomic E-state index is 0.312. The van der Waals surface area contributed by atoms with Crippen molar-refractivity contribution in [3.63, 3.8) is 0 Å². The fourth-order valence-electron chi connectivity index (χ4n) is 0.810. The van der Waals surface area contributed by atoms with Gasteiger partial charge in [0, 0.05) is 7.11 Å². The molecule has 0 unspecified atom stereocenters. The topological polar surface area (TPSA) is 48.4 Å². The molecule has 0 aromatic carbocycles. The van der Waals surface area contributed by atoms with Crippen molar-refractivity contribution >= 4 is 33.2 Å². The van der Waals surface area contributed by atoms with Crippen LogP contribution in [0.25, 0.3) is 0 Å². The molecule has 72 valence electrons. The summed E-state index contributed by atoms with van der Waals surface area (Å²) >= 11 is 4.43. The summed E-state index contributed by atoms with van der Waals surface area (Å²) in [5.74, 6) is -0.379. The summed E-state index contributed by atoms with van der Waals surface area (Å²) in [4.78, 5) is 15.8. The van der Waals surface area contributed by atoms with Gasteiger partial charge in [-0.15, -0.1) is 0 Å². The third-order valence-corrected chi connectivity index (χ3v) is 2.85. The van der Waals surface area contributed by atoms with Crippen LogP contribution in [0.15, 0.2) is 3.92 Å². The molecular formula is C7H8BrNO3S. The fourth-order valence-corrected chi connectivity index (χ4v) is 2.22. The maximum absolute atomic E-state index is 11.2. The average Bonchev–Trinajstić information content (AvgIpc) is 2.46. The van der Waals surface area contributed by atoms with Crippen molar-refractivity contribution in [1.82, 2.24) is 4.98 Å². The number of carbonyl (C=O) groups excluding carboxylic acids is 1. The smallest absolute Gasteiger partial charge is 0.350 e. The molecule has 0 aliphatic rings. The van der Waals surface area contributed by atoms with Gasteiger partial charge in [0.25, 0.3) is 0 Å². The van der Waals surface area contributed by atoms with Crippen molar-refractivity contribution in [3.8, 4) is 0 Å². The van der Waals surface area contributed by atoms with Crippen molar-refractivity contribution in [2.45, 2.75) is 6.61 Å². The summed E-state index contributed by atoms with van der Waals surface area (Å²) in [6.45, 7) is 0.312. The van der Waals surface area contributed by atoms with Gasteiger partial charge >= 0.3 is 5.97 Å². The van der Waals surface area contributed by atoms with Crippen LogP contribution in [0.2, 0.25) is 0 Å². The Labute approximate surface area is 88.0 Å². The second-order valence-electron chi connectivity index (χ2n) is 2.17. The number of ether oxygens (including phenoxy) is 2. The predicted octanol–water partition coefficient (Wildman–Crippen LogP) is 1.84. The molecule has 13 heavy (non-hydrogen) atoms. The fraction of sp³-hybridized carbons (Fsp3) is 0.429. The normalized spacial score (nSPS) is 10.1. The molecule has 4 nitrogen and oxygen atoms in total. The Hall–Kier alpha value is -0.460. The zero-order chi connectivity index (χ0) is 9.84. The molecule has 0 saturated carbocycles. The summed E-state index contributed by atoms with van der Waals surface area (Å²) in [7, 11) is 2.89. The minimum atomic E-state index is -0.379. The number of hydrogen-bond donors (Lipinski definition) is 0. The van der Waals surface area contributed by atoms with E-state index in [1.54, 1.807) is 7.11 Å². The lowest BCUT2D eigenvalue weighted by Gasteiger charge is -1.97. The Morgan fingerprint density at radius 2 is 2.31 bits per heavy atom. The van der Waals surface area contributed by atoms with Crippen molar-refractivity contribution < 1.29 is 14.3 Å². The molecule has 0 N–H and O–H groups in total.